The van der Waals surface area contributed by atoms with Crippen molar-refractivity contribution in [2.45, 2.75) is 50.9 Å². The van der Waals surface area contributed by atoms with E-state index < -0.39 is 23.9 Å². The Morgan fingerprint density at radius 2 is 2.07 bits per heavy atom. The van der Waals surface area contributed by atoms with E-state index >= 15 is 0 Å². The summed E-state index contributed by atoms with van der Waals surface area (Å²) in [5.41, 5.74) is 5.45. The second kappa shape index (κ2) is 7.78. The molecule has 1 amide bonds. The van der Waals surface area contributed by atoms with Crippen molar-refractivity contribution in [2.24, 2.45) is 11.7 Å². The topological polar surface area (TPSA) is 106 Å². The Kier molecular flexibility index (Phi) is 5.59. The van der Waals surface area contributed by atoms with Crippen LogP contribution in [0.15, 0.2) is 24.5 Å². The summed E-state index contributed by atoms with van der Waals surface area (Å²) in [5, 5.41) is 16.6. The molecule has 2 aromatic rings. The summed E-state index contributed by atoms with van der Waals surface area (Å²) < 4.78 is 39.4. The van der Waals surface area contributed by atoms with E-state index in [1.54, 1.807) is 10.9 Å². The zero-order valence-electron chi connectivity index (χ0n) is 15.3. The monoisotopic (exact) mass is 397 g/mol. The molecule has 7 nitrogen and oxygen atoms in total. The van der Waals surface area contributed by atoms with Gasteiger partial charge in [0.15, 0.2) is 11.9 Å². The normalized spacial score (nSPS) is 21.3. The molecule has 1 fully saturated rings. The summed E-state index contributed by atoms with van der Waals surface area (Å²) >= 11 is 0. The number of aliphatic hydroxyl groups is 1. The second-order valence-corrected chi connectivity index (χ2v) is 7.11. The Morgan fingerprint density at radius 1 is 1.36 bits per heavy atom. The lowest BCUT2D eigenvalue weighted by Crippen LogP contribution is -2.21. The van der Waals surface area contributed by atoms with Crippen LogP contribution in [0.4, 0.5) is 24.7 Å². The van der Waals surface area contributed by atoms with Crippen LogP contribution in [0.2, 0.25) is 0 Å². The first-order valence-corrected chi connectivity index (χ1v) is 9.03. The van der Waals surface area contributed by atoms with Gasteiger partial charge in [-0.15, -0.1) is 0 Å². The fraction of sp³-hybridized carbons (Fsp3) is 0.500. The number of anilines is 2. The zero-order chi connectivity index (χ0) is 20.5. The molecule has 1 aliphatic rings. The van der Waals surface area contributed by atoms with Gasteiger partial charge in [0, 0.05) is 6.20 Å². The summed E-state index contributed by atoms with van der Waals surface area (Å²) in [6, 6.07) is 2.54. The fourth-order valence-corrected chi connectivity index (χ4v) is 3.47. The summed E-state index contributed by atoms with van der Waals surface area (Å²) in [6.07, 6.45) is -0.446. The van der Waals surface area contributed by atoms with E-state index in [9.17, 15) is 23.1 Å². The van der Waals surface area contributed by atoms with Crippen LogP contribution < -0.4 is 11.1 Å². The number of nitrogens with one attached hydrogen (secondary N) is 1. The molecular formula is C18H22F3N5O2. The van der Waals surface area contributed by atoms with Gasteiger partial charge in [-0.3, -0.25) is 14.5 Å². The van der Waals surface area contributed by atoms with E-state index in [4.69, 9.17) is 5.73 Å². The van der Waals surface area contributed by atoms with E-state index in [0.29, 0.717) is 11.6 Å². The van der Waals surface area contributed by atoms with Gasteiger partial charge in [0.2, 0.25) is 0 Å². The summed E-state index contributed by atoms with van der Waals surface area (Å²) in [5.74, 6) is -0.0301. The smallest absolute Gasteiger partial charge is 0.378 e. The lowest BCUT2D eigenvalue weighted by atomic mass is 9.86. The Morgan fingerprint density at radius 3 is 2.64 bits per heavy atom. The van der Waals surface area contributed by atoms with Gasteiger partial charge < -0.3 is 16.2 Å². The molecule has 0 spiro atoms. The SMILES string of the molecule is CC1CCCCC1n1cc(C(N)=O)c(Nc2ccc(C(O)C(F)(F)F)nc2)n1. The Bertz CT molecular complexity index is 835. The Hall–Kier alpha value is -2.62. The van der Waals surface area contributed by atoms with Crippen molar-refractivity contribution < 1.29 is 23.1 Å². The molecule has 0 bridgehead atoms. The quantitative estimate of drug-likeness (QED) is 0.716. The molecule has 4 N–H and O–H groups in total. The third kappa shape index (κ3) is 4.27. The molecule has 28 heavy (non-hydrogen) atoms. The van der Waals surface area contributed by atoms with Gasteiger partial charge in [-0.2, -0.15) is 18.3 Å². The molecule has 3 atom stereocenters. The molecule has 0 aromatic carbocycles. The lowest BCUT2D eigenvalue weighted by Gasteiger charge is -2.28. The highest BCUT2D eigenvalue weighted by molar-refractivity contribution is 5.98. The minimum atomic E-state index is -4.80. The largest absolute Gasteiger partial charge is 0.420 e. The number of pyridine rings is 1. The molecule has 1 saturated carbocycles. The number of hydrogen-bond donors (Lipinski definition) is 3. The maximum atomic E-state index is 12.6. The number of hydrogen-bond acceptors (Lipinski definition) is 5. The highest BCUT2D eigenvalue weighted by atomic mass is 19.4. The first kappa shape index (κ1) is 20.1. The van der Waals surface area contributed by atoms with Crippen molar-refractivity contribution in [1.82, 2.24) is 14.8 Å². The van der Waals surface area contributed by atoms with E-state index in [1.165, 1.54) is 6.07 Å². The standard InChI is InChI=1S/C18H22F3N5O2/c1-10-4-2-3-5-14(10)26-9-12(16(22)28)17(25-26)24-11-6-7-13(23-8-11)15(27)18(19,20)21/h6-10,14-15,27H,2-5H2,1H3,(H2,22,28)(H,24,25). The van der Waals surface area contributed by atoms with Gasteiger partial charge in [-0.1, -0.05) is 19.8 Å². The van der Waals surface area contributed by atoms with E-state index in [-0.39, 0.29) is 17.4 Å². The summed E-state index contributed by atoms with van der Waals surface area (Å²) in [6.45, 7) is 2.14. The van der Waals surface area contributed by atoms with Crippen molar-refractivity contribution >= 4 is 17.4 Å². The molecule has 0 aliphatic heterocycles. The number of amides is 1. The molecule has 0 saturated heterocycles. The Labute approximate surface area is 159 Å². The van der Waals surface area contributed by atoms with Gasteiger partial charge in [-0.05, 0) is 30.9 Å². The number of nitrogens with two attached hydrogens (primary N) is 1. The number of alkyl halides is 3. The molecule has 1 aliphatic carbocycles. The van der Waals surface area contributed by atoms with Crippen LogP contribution in [0, 0.1) is 5.92 Å². The van der Waals surface area contributed by atoms with Crippen LogP contribution in [-0.4, -0.2) is 32.0 Å². The highest BCUT2D eigenvalue weighted by Crippen LogP contribution is 2.35. The van der Waals surface area contributed by atoms with Crippen molar-refractivity contribution in [1.29, 1.82) is 0 Å². The third-order valence-electron chi connectivity index (χ3n) is 5.04. The lowest BCUT2D eigenvalue weighted by molar-refractivity contribution is -0.207. The van der Waals surface area contributed by atoms with Gasteiger partial charge in [0.05, 0.1) is 23.6 Å². The van der Waals surface area contributed by atoms with Crippen LogP contribution in [0.5, 0.6) is 0 Å². The molecule has 3 rings (SSSR count). The average Bonchev–Trinajstić information content (AvgIpc) is 3.05. The number of aromatic nitrogens is 3. The second-order valence-electron chi connectivity index (χ2n) is 7.11. The van der Waals surface area contributed by atoms with Crippen molar-refractivity contribution in [2.75, 3.05) is 5.32 Å². The minimum Gasteiger partial charge on any atom is -0.378 e. The zero-order valence-corrected chi connectivity index (χ0v) is 15.3. The molecule has 2 aromatic heterocycles. The number of halogens is 3. The van der Waals surface area contributed by atoms with Crippen LogP contribution in [0.1, 0.15) is 60.8 Å². The highest BCUT2D eigenvalue weighted by Gasteiger charge is 2.40. The number of rotatable bonds is 5. The first-order chi connectivity index (χ1) is 13.2. The summed E-state index contributed by atoms with van der Waals surface area (Å²) in [7, 11) is 0. The predicted molar refractivity (Wildman–Crippen MR) is 95.9 cm³/mol. The molecule has 0 radical (unpaired) electrons. The fourth-order valence-electron chi connectivity index (χ4n) is 3.47. The van der Waals surface area contributed by atoms with E-state index in [2.05, 4.69) is 22.3 Å². The molecule has 2 heterocycles. The number of primary amides is 1. The predicted octanol–water partition coefficient (Wildman–Crippen LogP) is 3.47. The molecule has 152 valence electrons. The maximum Gasteiger partial charge on any atom is 0.420 e. The molecule has 3 unspecified atom stereocenters. The third-order valence-corrected chi connectivity index (χ3v) is 5.04. The number of carbonyl (C=O) groups is 1. The van der Waals surface area contributed by atoms with Crippen LogP contribution in [-0.2, 0) is 0 Å². The van der Waals surface area contributed by atoms with Crippen LogP contribution in [0.3, 0.4) is 0 Å². The van der Waals surface area contributed by atoms with Gasteiger partial charge in [-0.25, -0.2) is 0 Å². The molecular weight excluding hydrogens is 375 g/mol. The van der Waals surface area contributed by atoms with Crippen molar-refractivity contribution in [3.63, 3.8) is 0 Å². The minimum absolute atomic E-state index is 0.157. The van der Waals surface area contributed by atoms with E-state index in [1.807, 2.05) is 0 Å². The summed E-state index contributed by atoms with van der Waals surface area (Å²) in [4.78, 5) is 15.4. The number of carbonyl (C=O) groups excluding carboxylic acids is 1. The Balaban J connectivity index is 1.82. The van der Waals surface area contributed by atoms with Crippen LogP contribution in [0.25, 0.3) is 0 Å². The maximum absolute atomic E-state index is 12.6. The molecule has 10 heteroatoms. The number of aliphatic hydroxyl groups excluding tert-OH is 1. The first-order valence-electron chi connectivity index (χ1n) is 9.03. The van der Waals surface area contributed by atoms with Gasteiger partial charge >= 0.3 is 6.18 Å². The van der Waals surface area contributed by atoms with Crippen LogP contribution >= 0.6 is 0 Å². The van der Waals surface area contributed by atoms with Crippen molar-refractivity contribution in [3.8, 4) is 0 Å². The average molecular weight is 397 g/mol. The van der Waals surface area contributed by atoms with Crippen molar-refractivity contribution in [3.05, 3.63) is 35.8 Å². The van der Waals surface area contributed by atoms with Gasteiger partial charge in [0.1, 0.15) is 5.56 Å². The number of nitrogens with zero attached hydrogens (tertiary/aromatic N) is 3. The van der Waals surface area contributed by atoms with Gasteiger partial charge in [0.25, 0.3) is 5.91 Å². The van der Waals surface area contributed by atoms with E-state index in [0.717, 1.165) is 37.9 Å².